The molecular weight excluding hydrogens is 228 g/mol. The largest absolute Gasteiger partial charge is 0.385 e. The zero-order chi connectivity index (χ0) is 13.8. The van der Waals surface area contributed by atoms with Crippen LogP contribution in [0.3, 0.4) is 0 Å². The van der Waals surface area contributed by atoms with Crippen molar-refractivity contribution >= 4 is 0 Å². The number of hydrogen-bond acceptors (Lipinski definition) is 3. The highest BCUT2D eigenvalue weighted by atomic mass is 16.8. The molecule has 2 rings (SSSR count). The summed E-state index contributed by atoms with van der Waals surface area (Å²) in [6.45, 7) is 14.1. The van der Waals surface area contributed by atoms with Crippen LogP contribution >= 0.6 is 0 Å². The van der Waals surface area contributed by atoms with Crippen molar-refractivity contribution in [2.24, 2.45) is 11.3 Å². The first kappa shape index (κ1) is 14.0. The van der Waals surface area contributed by atoms with E-state index >= 15 is 0 Å². The standard InChI is InChI=1S/C15H26O3/c1-7-15(16)10(2)8-14(9-13(15,5)6)17-11(3)12(4)18-14/h7,10-12,16H,1,8-9H2,2-6H3/t10-,11-,12-,15+/m1/s1. The molecule has 1 spiro atoms. The Labute approximate surface area is 110 Å². The topological polar surface area (TPSA) is 38.7 Å². The SMILES string of the molecule is C=C[C@]1(O)[C@H](C)CC2(CC1(C)C)O[C@H](C)[C@@H](C)O2. The van der Waals surface area contributed by atoms with Crippen LogP contribution in [0.5, 0.6) is 0 Å². The van der Waals surface area contributed by atoms with Gasteiger partial charge < -0.3 is 14.6 Å². The second-order valence-electron chi connectivity index (χ2n) is 6.75. The first-order valence-electron chi connectivity index (χ1n) is 6.87. The van der Waals surface area contributed by atoms with Gasteiger partial charge in [0.25, 0.3) is 0 Å². The van der Waals surface area contributed by atoms with Gasteiger partial charge in [-0.15, -0.1) is 6.58 Å². The second-order valence-corrected chi connectivity index (χ2v) is 6.75. The molecule has 2 fully saturated rings. The van der Waals surface area contributed by atoms with E-state index in [1.807, 2.05) is 20.8 Å². The minimum Gasteiger partial charge on any atom is -0.385 e. The molecule has 0 aromatic heterocycles. The van der Waals surface area contributed by atoms with Gasteiger partial charge in [0.15, 0.2) is 5.79 Å². The summed E-state index contributed by atoms with van der Waals surface area (Å²) in [6, 6.07) is 0. The van der Waals surface area contributed by atoms with Crippen LogP contribution in [-0.2, 0) is 9.47 Å². The summed E-state index contributed by atoms with van der Waals surface area (Å²) < 4.78 is 12.2. The zero-order valence-electron chi connectivity index (χ0n) is 12.2. The predicted octanol–water partition coefficient (Wildman–Crippen LogP) is 2.88. The second kappa shape index (κ2) is 4.06. The van der Waals surface area contributed by atoms with E-state index in [2.05, 4.69) is 20.4 Å². The number of ether oxygens (including phenoxy) is 2. The summed E-state index contributed by atoms with van der Waals surface area (Å²) in [5, 5.41) is 10.8. The van der Waals surface area contributed by atoms with Crippen molar-refractivity contribution in [2.75, 3.05) is 0 Å². The minimum absolute atomic E-state index is 0.0660. The van der Waals surface area contributed by atoms with E-state index in [-0.39, 0.29) is 23.5 Å². The quantitative estimate of drug-likeness (QED) is 0.731. The molecule has 1 saturated heterocycles. The smallest absolute Gasteiger partial charge is 0.170 e. The Morgan fingerprint density at radius 1 is 1.17 bits per heavy atom. The molecule has 3 nitrogen and oxygen atoms in total. The molecule has 0 amide bonds. The molecule has 1 N–H and O–H groups in total. The van der Waals surface area contributed by atoms with Gasteiger partial charge >= 0.3 is 0 Å². The van der Waals surface area contributed by atoms with Gasteiger partial charge in [0.2, 0.25) is 0 Å². The Balaban J connectivity index is 2.30. The van der Waals surface area contributed by atoms with Crippen molar-refractivity contribution < 1.29 is 14.6 Å². The fraction of sp³-hybridized carbons (Fsp3) is 0.867. The van der Waals surface area contributed by atoms with Crippen LogP contribution in [0, 0.1) is 11.3 Å². The van der Waals surface area contributed by atoms with Gasteiger partial charge in [-0.1, -0.05) is 26.8 Å². The van der Waals surface area contributed by atoms with E-state index in [1.54, 1.807) is 6.08 Å². The lowest BCUT2D eigenvalue weighted by Crippen LogP contribution is -2.58. The summed E-state index contributed by atoms with van der Waals surface area (Å²) in [5.74, 6) is -0.465. The molecule has 104 valence electrons. The maximum atomic E-state index is 10.8. The predicted molar refractivity (Wildman–Crippen MR) is 71.2 cm³/mol. The molecule has 4 atom stereocenters. The lowest BCUT2D eigenvalue weighted by atomic mass is 9.59. The third-order valence-corrected chi connectivity index (χ3v) is 4.94. The molecule has 1 aliphatic carbocycles. The lowest BCUT2D eigenvalue weighted by Gasteiger charge is -2.54. The highest BCUT2D eigenvalue weighted by molar-refractivity contribution is 5.14. The summed E-state index contributed by atoms with van der Waals surface area (Å²) in [6.07, 6.45) is 3.33. The molecule has 18 heavy (non-hydrogen) atoms. The van der Waals surface area contributed by atoms with Crippen molar-refractivity contribution in [2.45, 2.75) is 71.1 Å². The van der Waals surface area contributed by atoms with Gasteiger partial charge in [-0.2, -0.15) is 0 Å². The monoisotopic (exact) mass is 254 g/mol. The third-order valence-electron chi connectivity index (χ3n) is 4.94. The van der Waals surface area contributed by atoms with Crippen LogP contribution in [0.2, 0.25) is 0 Å². The van der Waals surface area contributed by atoms with E-state index in [0.717, 1.165) is 0 Å². The minimum atomic E-state index is -0.861. The van der Waals surface area contributed by atoms with Crippen molar-refractivity contribution in [1.29, 1.82) is 0 Å². The molecular formula is C15H26O3. The van der Waals surface area contributed by atoms with E-state index in [1.165, 1.54) is 0 Å². The Hall–Kier alpha value is -0.380. The van der Waals surface area contributed by atoms with E-state index in [9.17, 15) is 5.11 Å². The molecule has 1 aliphatic heterocycles. The van der Waals surface area contributed by atoms with Crippen LogP contribution in [0.15, 0.2) is 12.7 Å². The molecule has 0 radical (unpaired) electrons. The van der Waals surface area contributed by atoms with Crippen LogP contribution in [0.1, 0.15) is 47.5 Å². The van der Waals surface area contributed by atoms with Crippen molar-refractivity contribution in [1.82, 2.24) is 0 Å². The van der Waals surface area contributed by atoms with Gasteiger partial charge in [-0.3, -0.25) is 0 Å². The molecule has 3 heteroatoms. The zero-order valence-corrected chi connectivity index (χ0v) is 12.2. The van der Waals surface area contributed by atoms with Gasteiger partial charge in [0, 0.05) is 18.3 Å². The van der Waals surface area contributed by atoms with Crippen molar-refractivity contribution in [3.8, 4) is 0 Å². The molecule has 0 aromatic rings. The van der Waals surface area contributed by atoms with Crippen LogP contribution < -0.4 is 0 Å². The normalized spacial score (nSPS) is 46.2. The first-order valence-corrected chi connectivity index (χ1v) is 6.87. The van der Waals surface area contributed by atoms with E-state index in [4.69, 9.17) is 9.47 Å². The Morgan fingerprint density at radius 3 is 2.06 bits per heavy atom. The van der Waals surface area contributed by atoms with Crippen molar-refractivity contribution in [3.63, 3.8) is 0 Å². The molecule has 0 bridgehead atoms. The highest BCUT2D eigenvalue weighted by Crippen LogP contribution is 2.55. The Bertz CT molecular complexity index is 340. The number of rotatable bonds is 1. The first-order chi connectivity index (χ1) is 8.16. The Kier molecular flexibility index (Phi) is 3.16. The average Bonchev–Trinajstić information content (AvgIpc) is 2.49. The van der Waals surface area contributed by atoms with Gasteiger partial charge in [-0.05, 0) is 19.8 Å². The number of hydrogen-bond donors (Lipinski definition) is 1. The fourth-order valence-corrected chi connectivity index (χ4v) is 3.73. The summed E-state index contributed by atoms with van der Waals surface area (Å²) in [5.41, 5.74) is -1.17. The molecule has 2 aliphatic rings. The van der Waals surface area contributed by atoms with Gasteiger partial charge in [0.05, 0.1) is 17.8 Å². The highest BCUT2D eigenvalue weighted by Gasteiger charge is 2.59. The third kappa shape index (κ3) is 1.84. The summed E-state index contributed by atoms with van der Waals surface area (Å²) in [4.78, 5) is 0. The van der Waals surface area contributed by atoms with Crippen LogP contribution in [0.4, 0.5) is 0 Å². The molecule has 1 saturated carbocycles. The molecule has 0 aromatic carbocycles. The van der Waals surface area contributed by atoms with Gasteiger partial charge in [0.1, 0.15) is 0 Å². The fourth-order valence-electron chi connectivity index (χ4n) is 3.73. The average molecular weight is 254 g/mol. The van der Waals surface area contributed by atoms with E-state index in [0.29, 0.717) is 12.8 Å². The van der Waals surface area contributed by atoms with Crippen molar-refractivity contribution in [3.05, 3.63) is 12.7 Å². The maximum absolute atomic E-state index is 10.8. The molecule has 0 unspecified atom stereocenters. The van der Waals surface area contributed by atoms with Crippen LogP contribution in [-0.4, -0.2) is 28.7 Å². The maximum Gasteiger partial charge on any atom is 0.170 e. The molecule has 1 heterocycles. The van der Waals surface area contributed by atoms with Gasteiger partial charge in [-0.25, -0.2) is 0 Å². The van der Waals surface area contributed by atoms with Crippen LogP contribution in [0.25, 0.3) is 0 Å². The van der Waals surface area contributed by atoms with E-state index < -0.39 is 11.4 Å². The number of aliphatic hydroxyl groups is 1. The Morgan fingerprint density at radius 2 is 1.67 bits per heavy atom. The summed E-state index contributed by atoms with van der Waals surface area (Å²) in [7, 11) is 0. The lowest BCUT2D eigenvalue weighted by molar-refractivity contribution is -0.259. The summed E-state index contributed by atoms with van der Waals surface area (Å²) >= 11 is 0.